The molecule has 2 unspecified atom stereocenters. The Balaban J connectivity index is 1.77. The molecule has 0 saturated carbocycles. The molecular weight excluding hydrogens is 294 g/mol. The monoisotopic (exact) mass is 311 g/mol. The molecule has 3 rings (SSSR count). The molecule has 2 N–H and O–H groups in total. The highest BCUT2D eigenvalue weighted by Crippen LogP contribution is 2.31. The predicted octanol–water partition coefficient (Wildman–Crippen LogP) is 2.18. The molecule has 5 nitrogen and oxygen atoms in total. The number of ether oxygens (including phenoxy) is 1. The summed E-state index contributed by atoms with van der Waals surface area (Å²) in [5, 5.41) is 11.9. The van der Waals surface area contributed by atoms with Crippen LogP contribution < -0.4 is 10.1 Å². The summed E-state index contributed by atoms with van der Waals surface area (Å²) in [6.07, 6.45) is 0. The van der Waals surface area contributed by atoms with Gasteiger partial charge in [0, 0.05) is 6.54 Å². The third-order valence-corrected chi connectivity index (χ3v) is 3.96. The van der Waals surface area contributed by atoms with Crippen molar-refractivity contribution in [3.05, 3.63) is 65.7 Å². The zero-order valence-corrected chi connectivity index (χ0v) is 12.4. The van der Waals surface area contributed by atoms with Crippen molar-refractivity contribution in [2.75, 3.05) is 6.54 Å². The molecule has 0 bridgehead atoms. The van der Waals surface area contributed by atoms with Crippen molar-refractivity contribution in [3.8, 4) is 5.75 Å². The van der Waals surface area contributed by atoms with Crippen LogP contribution >= 0.6 is 0 Å². The fourth-order valence-corrected chi connectivity index (χ4v) is 2.77. The second-order valence-corrected chi connectivity index (χ2v) is 5.51. The number of benzene rings is 2. The molecule has 1 saturated heterocycles. The molecule has 0 spiro atoms. The maximum Gasteiger partial charge on any atom is 0.309 e. The molecule has 2 aromatic rings. The Labute approximate surface area is 133 Å². The molecule has 1 heterocycles. The molecule has 5 heteroatoms. The minimum absolute atomic E-state index is 0.161. The van der Waals surface area contributed by atoms with Crippen LogP contribution in [-0.4, -0.2) is 23.5 Å². The van der Waals surface area contributed by atoms with Crippen LogP contribution in [0.25, 0.3) is 0 Å². The van der Waals surface area contributed by atoms with E-state index in [9.17, 15) is 14.7 Å². The highest BCUT2D eigenvalue weighted by molar-refractivity contribution is 5.92. The molecule has 0 radical (unpaired) electrons. The average Bonchev–Trinajstić information content (AvgIpc) is 2.96. The Morgan fingerprint density at radius 3 is 2.70 bits per heavy atom. The van der Waals surface area contributed by atoms with E-state index < -0.39 is 17.8 Å². The van der Waals surface area contributed by atoms with Gasteiger partial charge in [-0.3, -0.25) is 9.59 Å². The Morgan fingerprint density at radius 1 is 1.17 bits per heavy atom. The quantitative estimate of drug-likeness (QED) is 0.887. The van der Waals surface area contributed by atoms with Crippen molar-refractivity contribution in [1.29, 1.82) is 0 Å². The molecule has 1 aliphatic heterocycles. The van der Waals surface area contributed by atoms with Crippen molar-refractivity contribution < 1.29 is 19.4 Å². The lowest BCUT2D eigenvalue weighted by Crippen LogP contribution is -2.22. The maximum absolute atomic E-state index is 12.0. The molecule has 0 aliphatic carbocycles. The third-order valence-electron chi connectivity index (χ3n) is 3.96. The predicted molar refractivity (Wildman–Crippen MR) is 84.1 cm³/mol. The summed E-state index contributed by atoms with van der Waals surface area (Å²) in [6.45, 7) is 0.581. The summed E-state index contributed by atoms with van der Waals surface area (Å²) < 4.78 is 5.74. The van der Waals surface area contributed by atoms with E-state index >= 15 is 0 Å². The van der Waals surface area contributed by atoms with Crippen molar-refractivity contribution >= 4 is 11.9 Å². The van der Waals surface area contributed by atoms with Crippen LogP contribution in [0.15, 0.2) is 54.6 Å². The number of carboxylic acid groups (broad SMARTS) is 1. The topological polar surface area (TPSA) is 75.6 Å². The van der Waals surface area contributed by atoms with Crippen LogP contribution in [0.1, 0.15) is 17.0 Å². The van der Waals surface area contributed by atoms with Gasteiger partial charge in [-0.05, 0) is 23.3 Å². The number of hydrogen-bond acceptors (Lipinski definition) is 3. The highest BCUT2D eigenvalue weighted by Gasteiger charge is 2.40. The molecule has 0 aromatic heterocycles. The summed E-state index contributed by atoms with van der Waals surface area (Å²) in [7, 11) is 0. The second kappa shape index (κ2) is 6.52. The lowest BCUT2D eigenvalue weighted by molar-refractivity contribution is -0.142. The minimum Gasteiger partial charge on any atom is -0.489 e. The van der Waals surface area contributed by atoms with E-state index in [1.807, 2.05) is 30.3 Å². The first-order valence-corrected chi connectivity index (χ1v) is 7.42. The van der Waals surface area contributed by atoms with Gasteiger partial charge in [-0.15, -0.1) is 0 Å². The van der Waals surface area contributed by atoms with Crippen LogP contribution in [0.4, 0.5) is 0 Å². The summed E-state index contributed by atoms with van der Waals surface area (Å²) >= 11 is 0. The number of hydrogen-bond donors (Lipinski definition) is 2. The van der Waals surface area contributed by atoms with Gasteiger partial charge >= 0.3 is 5.97 Å². The minimum atomic E-state index is -0.969. The number of rotatable bonds is 5. The molecule has 1 aliphatic rings. The van der Waals surface area contributed by atoms with Gasteiger partial charge in [0.05, 0.1) is 11.8 Å². The molecular formula is C18H17NO4. The average molecular weight is 311 g/mol. The van der Waals surface area contributed by atoms with E-state index in [1.54, 1.807) is 24.3 Å². The molecule has 23 heavy (non-hydrogen) atoms. The van der Waals surface area contributed by atoms with Gasteiger partial charge in [0.1, 0.15) is 12.4 Å². The number of carbonyl (C=O) groups excluding carboxylic acids is 1. The van der Waals surface area contributed by atoms with Gasteiger partial charge in [-0.1, -0.05) is 42.5 Å². The Hall–Kier alpha value is -2.82. The molecule has 2 atom stereocenters. The normalized spacial score (nSPS) is 20.1. The SMILES string of the molecule is O=C(O)C1CNC(=O)C1c1cccc(OCc2ccccc2)c1. The zero-order chi connectivity index (χ0) is 16.2. The Bertz CT molecular complexity index is 714. The zero-order valence-electron chi connectivity index (χ0n) is 12.4. The van der Waals surface area contributed by atoms with Crippen molar-refractivity contribution in [2.24, 2.45) is 5.92 Å². The van der Waals surface area contributed by atoms with Crippen LogP contribution in [0.5, 0.6) is 5.75 Å². The van der Waals surface area contributed by atoms with Gasteiger partial charge in [-0.2, -0.15) is 0 Å². The van der Waals surface area contributed by atoms with E-state index in [0.29, 0.717) is 17.9 Å². The van der Waals surface area contributed by atoms with E-state index in [0.717, 1.165) is 5.56 Å². The fraction of sp³-hybridized carbons (Fsp3) is 0.222. The largest absolute Gasteiger partial charge is 0.489 e. The lowest BCUT2D eigenvalue weighted by atomic mass is 9.88. The fourth-order valence-electron chi connectivity index (χ4n) is 2.77. The first-order chi connectivity index (χ1) is 11.1. The van der Waals surface area contributed by atoms with Crippen LogP contribution in [0.2, 0.25) is 0 Å². The van der Waals surface area contributed by atoms with Gasteiger partial charge < -0.3 is 15.2 Å². The third kappa shape index (κ3) is 3.34. The van der Waals surface area contributed by atoms with E-state index in [1.165, 1.54) is 0 Å². The number of aliphatic carboxylic acids is 1. The smallest absolute Gasteiger partial charge is 0.309 e. The maximum atomic E-state index is 12.0. The number of amides is 1. The van der Waals surface area contributed by atoms with Crippen LogP contribution in [0.3, 0.4) is 0 Å². The first-order valence-electron chi connectivity index (χ1n) is 7.42. The van der Waals surface area contributed by atoms with Crippen LogP contribution in [-0.2, 0) is 16.2 Å². The highest BCUT2D eigenvalue weighted by atomic mass is 16.5. The molecule has 1 fully saturated rings. The van der Waals surface area contributed by atoms with Gasteiger partial charge in [0.25, 0.3) is 0 Å². The van der Waals surface area contributed by atoms with Crippen molar-refractivity contribution in [2.45, 2.75) is 12.5 Å². The van der Waals surface area contributed by atoms with E-state index in [4.69, 9.17) is 4.74 Å². The summed E-state index contributed by atoms with van der Waals surface area (Å²) in [4.78, 5) is 23.3. The second-order valence-electron chi connectivity index (χ2n) is 5.51. The van der Waals surface area contributed by atoms with E-state index in [2.05, 4.69) is 5.32 Å². The molecule has 1 amide bonds. The van der Waals surface area contributed by atoms with Gasteiger partial charge in [0.15, 0.2) is 0 Å². The Kier molecular flexibility index (Phi) is 4.28. The molecule has 118 valence electrons. The summed E-state index contributed by atoms with van der Waals surface area (Å²) in [6, 6.07) is 16.8. The first kappa shape index (κ1) is 15.1. The van der Waals surface area contributed by atoms with E-state index in [-0.39, 0.29) is 12.5 Å². The number of carbonyl (C=O) groups is 2. The number of carboxylic acids is 1. The van der Waals surface area contributed by atoms with Crippen molar-refractivity contribution in [1.82, 2.24) is 5.32 Å². The molecule has 2 aromatic carbocycles. The van der Waals surface area contributed by atoms with Crippen LogP contribution in [0, 0.1) is 5.92 Å². The number of nitrogens with one attached hydrogen (secondary N) is 1. The van der Waals surface area contributed by atoms with Gasteiger partial charge in [0.2, 0.25) is 5.91 Å². The lowest BCUT2D eigenvalue weighted by Gasteiger charge is -2.14. The summed E-state index contributed by atoms with van der Waals surface area (Å²) in [5.41, 5.74) is 1.71. The summed E-state index contributed by atoms with van der Waals surface area (Å²) in [5.74, 6) is -2.02. The standard InChI is InChI=1S/C18H17NO4/c20-17-16(15(10-19-17)18(21)22)13-7-4-8-14(9-13)23-11-12-5-2-1-3-6-12/h1-9,15-16H,10-11H2,(H,19,20)(H,21,22). The van der Waals surface area contributed by atoms with Crippen molar-refractivity contribution in [3.63, 3.8) is 0 Å². The Morgan fingerprint density at radius 2 is 1.96 bits per heavy atom. The van der Waals surface area contributed by atoms with Gasteiger partial charge in [-0.25, -0.2) is 0 Å².